The maximum atomic E-state index is 14.1. The van der Waals surface area contributed by atoms with Crippen LogP contribution in [0.3, 0.4) is 0 Å². The van der Waals surface area contributed by atoms with Gasteiger partial charge in [-0.3, -0.25) is 9.59 Å². The fraction of sp³-hybridized carbons (Fsp3) is 0.517. The Hall–Kier alpha value is -2.94. The summed E-state index contributed by atoms with van der Waals surface area (Å²) in [4.78, 5) is 28.2. The molecule has 5 aliphatic rings. The zero-order valence-electron chi connectivity index (χ0n) is 21.7. The van der Waals surface area contributed by atoms with Crippen LogP contribution in [0.2, 0.25) is 0 Å². The number of carbonyl (C=O) groups is 2. The molecule has 8 heteroatoms. The molecule has 2 fully saturated rings. The van der Waals surface area contributed by atoms with Crippen LogP contribution >= 0.6 is 0 Å². The van der Waals surface area contributed by atoms with Crippen molar-refractivity contribution in [2.45, 2.75) is 51.7 Å². The number of benzene rings is 1. The van der Waals surface area contributed by atoms with Gasteiger partial charge in [0.05, 0.1) is 26.4 Å². The molecule has 5 atom stereocenters. The molecule has 1 saturated heterocycles. The predicted molar refractivity (Wildman–Crippen MR) is 135 cm³/mol. The summed E-state index contributed by atoms with van der Waals surface area (Å²) in [6, 6.07) is 1.18. The molecular weight excluding hydrogens is 476 g/mol. The fourth-order valence-corrected chi connectivity index (χ4v) is 6.49. The molecule has 3 aliphatic carbocycles. The molecule has 198 valence electrons. The second-order valence-electron chi connectivity index (χ2n) is 10.9. The second kappa shape index (κ2) is 9.11. The average Bonchev–Trinajstić information content (AvgIpc) is 3.11. The van der Waals surface area contributed by atoms with Crippen molar-refractivity contribution in [3.63, 3.8) is 0 Å². The summed E-state index contributed by atoms with van der Waals surface area (Å²) < 4.78 is 18.9. The molecule has 8 nitrogen and oxygen atoms in total. The first kappa shape index (κ1) is 25.7. The van der Waals surface area contributed by atoms with Gasteiger partial charge >= 0.3 is 0 Å². The van der Waals surface area contributed by atoms with Gasteiger partial charge in [0.2, 0.25) is 0 Å². The Balaban J connectivity index is 1.74. The lowest BCUT2D eigenvalue weighted by Crippen LogP contribution is -2.74. The first-order valence-electron chi connectivity index (χ1n) is 12.8. The average molecular weight is 511 g/mol. The van der Waals surface area contributed by atoms with Gasteiger partial charge in [0, 0.05) is 41.4 Å². The molecule has 1 aromatic carbocycles. The summed E-state index contributed by atoms with van der Waals surface area (Å²) >= 11 is 0. The number of aliphatic hydroxyl groups is 1. The molecule has 4 bridgehead atoms. The van der Waals surface area contributed by atoms with Crippen molar-refractivity contribution in [1.82, 2.24) is 0 Å². The molecule has 1 spiro atoms. The highest BCUT2D eigenvalue weighted by atomic mass is 16.6. The van der Waals surface area contributed by atoms with Gasteiger partial charge in [-0.1, -0.05) is 29.4 Å². The van der Waals surface area contributed by atoms with E-state index in [4.69, 9.17) is 14.2 Å². The van der Waals surface area contributed by atoms with Crippen LogP contribution in [-0.2, 0) is 20.7 Å². The zero-order chi connectivity index (χ0) is 26.7. The van der Waals surface area contributed by atoms with Crippen LogP contribution in [0, 0.1) is 17.8 Å². The van der Waals surface area contributed by atoms with Crippen molar-refractivity contribution in [1.29, 1.82) is 0 Å². The monoisotopic (exact) mass is 510 g/mol. The molecular formula is C29H34O8. The van der Waals surface area contributed by atoms with E-state index >= 15 is 0 Å². The van der Waals surface area contributed by atoms with Gasteiger partial charge in [-0.15, -0.1) is 0 Å². The van der Waals surface area contributed by atoms with Crippen LogP contribution in [0.25, 0.3) is 0 Å². The largest absolute Gasteiger partial charge is 0.507 e. The van der Waals surface area contributed by atoms with E-state index in [0.717, 1.165) is 11.1 Å². The minimum absolute atomic E-state index is 0.00308. The number of ether oxygens (including phenoxy) is 3. The standard InChI is InChI=1S/C29H34O8/c1-15(2)5-6-17-22(31)12-23(32)24-25(33)20-11-18-19(13-35-10-9-30)21-14-36-28(27(18)34,8-7-16(3)4)29(20,21)37-26(17)24/h5,7,11-12,18-19,21,30-32H,6,8-10,13-14H2,1-4H3/t18-,19+,21-,28+,29-/m1/s1. The number of hydrogen-bond acceptors (Lipinski definition) is 8. The predicted octanol–water partition coefficient (Wildman–Crippen LogP) is 3.43. The van der Waals surface area contributed by atoms with Crippen LogP contribution in [-0.4, -0.2) is 64.5 Å². The van der Waals surface area contributed by atoms with Gasteiger partial charge in [0.25, 0.3) is 0 Å². The van der Waals surface area contributed by atoms with Gasteiger partial charge < -0.3 is 29.5 Å². The molecule has 6 rings (SSSR count). The summed E-state index contributed by atoms with van der Waals surface area (Å²) in [7, 11) is 0. The third kappa shape index (κ3) is 3.53. The molecule has 0 radical (unpaired) electrons. The Morgan fingerprint density at radius 1 is 1.14 bits per heavy atom. The first-order chi connectivity index (χ1) is 17.6. The smallest absolute Gasteiger partial charge is 0.200 e. The van der Waals surface area contributed by atoms with Gasteiger partial charge in [-0.05, 0) is 34.1 Å². The number of aromatic hydroxyl groups is 2. The number of allylic oxidation sites excluding steroid dienone is 4. The summed E-state index contributed by atoms with van der Waals surface area (Å²) in [5, 5.41) is 30.8. The SMILES string of the molecule is CC(C)=CCc1c(O)cc(O)c2c1O[C@@]13C(=C[C@H]4C(=O)[C@]1(CC=C(C)C)OC[C@@H]3[C@H]4COCCO)C2=O. The van der Waals surface area contributed by atoms with Crippen LogP contribution in [0.4, 0.5) is 0 Å². The van der Waals surface area contributed by atoms with Crippen LogP contribution in [0.1, 0.15) is 50.0 Å². The molecule has 0 unspecified atom stereocenters. The Morgan fingerprint density at radius 3 is 2.54 bits per heavy atom. The number of ketones is 2. The number of aliphatic hydroxyl groups excluding tert-OH is 1. The van der Waals surface area contributed by atoms with Gasteiger partial charge in [0.1, 0.15) is 22.8 Å². The van der Waals surface area contributed by atoms with Crippen LogP contribution in [0.5, 0.6) is 17.2 Å². The van der Waals surface area contributed by atoms with Crippen molar-refractivity contribution in [2.24, 2.45) is 17.8 Å². The minimum Gasteiger partial charge on any atom is -0.507 e. The fourth-order valence-electron chi connectivity index (χ4n) is 6.49. The maximum Gasteiger partial charge on any atom is 0.200 e. The number of Topliss-reactive ketones (excluding diaryl/α,β-unsaturated/α-hetero) is 2. The summed E-state index contributed by atoms with van der Waals surface area (Å²) in [5.41, 5.74) is -0.136. The second-order valence-corrected chi connectivity index (χ2v) is 10.9. The van der Waals surface area contributed by atoms with Crippen LogP contribution < -0.4 is 4.74 Å². The van der Waals surface area contributed by atoms with E-state index in [1.807, 2.05) is 39.8 Å². The number of phenols is 2. The topological polar surface area (TPSA) is 123 Å². The lowest BCUT2D eigenvalue weighted by molar-refractivity contribution is -0.173. The lowest BCUT2D eigenvalue weighted by Gasteiger charge is -2.58. The molecule has 0 aromatic heterocycles. The normalized spacial score (nSPS) is 30.8. The van der Waals surface area contributed by atoms with E-state index in [2.05, 4.69) is 0 Å². The van der Waals surface area contributed by atoms with E-state index in [1.165, 1.54) is 6.07 Å². The Labute approximate surface area is 216 Å². The van der Waals surface area contributed by atoms with Crippen molar-refractivity contribution in [3.05, 3.63) is 52.1 Å². The summed E-state index contributed by atoms with van der Waals surface area (Å²) in [6.45, 7) is 8.11. The van der Waals surface area contributed by atoms with E-state index in [0.29, 0.717) is 11.1 Å². The van der Waals surface area contributed by atoms with Crippen molar-refractivity contribution >= 4 is 11.6 Å². The number of fused-ring (bicyclic) bond motifs is 1. The van der Waals surface area contributed by atoms with E-state index < -0.39 is 22.9 Å². The molecule has 2 heterocycles. The summed E-state index contributed by atoms with van der Waals surface area (Å²) in [6.07, 6.45) is 6.03. The van der Waals surface area contributed by atoms with Crippen molar-refractivity contribution in [3.8, 4) is 17.2 Å². The molecule has 3 N–H and O–H groups in total. The van der Waals surface area contributed by atoms with E-state index in [9.17, 15) is 24.9 Å². The Bertz CT molecular complexity index is 1250. The minimum atomic E-state index is -1.43. The number of hydrogen-bond donors (Lipinski definition) is 3. The number of phenolic OH excluding ortho intramolecular Hbond substituents is 2. The lowest BCUT2D eigenvalue weighted by atomic mass is 9.49. The molecule has 1 saturated carbocycles. The molecule has 1 aromatic rings. The van der Waals surface area contributed by atoms with Gasteiger partial charge in [-0.25, -0.2) is 0 Å². The van der Waals surface area contributed by atoms with Gasteiger partial charge in [-0.2, -0.15) is 0 Å². The van der Waals surface area contributed by atoms with E-state index in [1.54, 1.807) is 6.08 Å². The number of rotatable bonds is 8. The van der Waals surface area contributed by atoms with Crippen LogP contribution in [0.15, 0.2) is 41.0 Å². The molecule has 2 aliphatic heterocycles. The summed E-state index contributed by atoms with van der Waals surface area (Å²) in [5.74, 6) is -2.34. The Morgan fingerprint density at radius 2 is 1.86 bits per heavy atom. The van der Waals surface area contributed by atoms with E-state index in [-0.39, 0.29) is 79.7 Å². The third-order valence-electron chi connectivity index (χ3n) is 8.19. The molecule has 37 heavy (non-hydrogen) atoms. The number of carbonyl (C=O) groups excluding carboxylic acids is 2. The quantitative estimate of drug-likeness (QED) is 0.359. The highest BCUT2D eigenvalue weighted by Crippen LogP contribution is 2.65. The Kier molecular flexibility index (Phi) is 6.33. The van der Waals surface area contributed by atoms with Crippen molar-refractivity contribution < 1.29 is 39.1 Å². The maximum absolute atomic E-state index is 14.1. The van der Waals surface area contributed by atoms with Gasteiger partial charge in [0.15, 0.2) is 22.8 Å². The zero-order valence-corrected chi connectivity index (χ0v) is 21.7. The highest BCUT2D eigenvalue weighted by Gasteiger charge is 2.79. The highest BCUT2D eigenvalue weighted by molar-refractivity contribution is 6.18. The molecule has 0 amide bonds. The third-order valence-corrected chi connectivity index (χ3v) is 8.19. The first-order valence-corrected chi connectivity index (χ1v) is 12.8. The van der Waals surface area contributed by atoms with Crippen molar-refractivity contribution in [2.75, 3.05) is 26.4 Å².